The first-order valence-corrected chi connectivity index (χ1v) is 4.85. The predicted molar refractivity (Wildman–Crippen MR) is 55.2 cm³/mol. The van der Waals surface area contributed by atoms with Gasteiger partial charge < -0.3 is 10.5 Å². The van der Waals surface area contributed by atoms with Crippen molar-refractivity contribution in [3.8, 4) is 5.75 Å². The fourth-order valence-corrected chi connectivity index (χ4v) is 1.20. The first kappa shape index (κ1) is 11.9. The molecule has 0 aliphatic carbocycles. The van der Waals surface area contributed by atoms with E-state index in [2.05, 4.69) is 0 Å². The molecule has 0 bridgehead atoms. The Morgan fingerprint density at radius 3 is 2.27 bits per heavy atom. The molecule has 84 valence electrons. The van der Waals surface area contributed by atoms with Gasteiger partial charge in [0.2, 0.25) is 0 Å². The Labute approximate surface area is 88.0 Å². The lowest BCUT2D eigenvalue weighted by atomic mass is 10.0. The van der Waals surface area contributed by atoms with Crippen molar-refractivity contribution in [2.24, 2.45) is 5.73 Å². The SMILES string of the molecule is CCOc1ccc(C(F)(F)C(C)N)cc1. The van der Waals surface area contributed by atoms with Crippen molar-refractivity contribution >= 4 is 0 Å². The van der Waals surface area contributed by atoms with Gasteiger partial charge in [0.15, 0.2) is 0 Å². The molecule has 1 unspecified atom stereocenters. The Morgan fingerprint density at radius 1 is 1.33 bits per heavy atom. The van der Waals surface area contributed by atoms with E-state index in [9.17, 15) is 8.78 Å². The zero-order valence-electron chi connectivity index (χ0n) is 8.84. The third kappa shape index (κ3) is 2.65. The van der Waals surface area contributed by atoms with Gasteiger partial charge in [-0.3, -0.25) is 0 Å². The summed E-state index contributed by atoms with van der Waals surface area (Å²) in [4.78, 5) is 0. The molecule has 1 atom stereocenters. The molecule has 0 saturated heterocycles. The molecule has 15 heavy (non-hydrogen) atoms. The first-order chi connectivity index (χ1) is 6.98. The molecule has 0 aliphatic heterocycles. The largest absolute Gasteiger partial charge is 0.494 e. The number of alkyl halides is 2. The molecular formula is C11H15F2NO. The zero-order valence-corrected chi connectivity index (χ0v) is 8.84. The Balaban J connectivity index is 2.88. The second-order valence-electron chi connectivity index (χ2n) is 3.37. The highest BCUT2D eigenvalue weighted by atomic mass is 19.3. The minimum Gasteiger partial charge on any atom is -0.494 e. The smallest absolute Gasteiger partial charge is 0.287 e. The summed E-state index contributed by atoms with van der Waals surface area (Å²) in [5.74, 6) is -2.41. The van der Waals surface area contributed by atoms with Crippen molar-refractivity contribution in [1.29, 1.82) is 0 Å². The molecule has 0 aromatic heterocycles. The Hall–Kier alpha value is -1.16. The predicted octanol–water partition coefficient (Wildman–Crippen LogP) is 2.52. The lowest BCUT2D eigenvalue weighted by Gasteiger charge is -2.20. The monoisotopic (exact) mass is 215 g/mol. The lowest BCUT2D eigenvalue weighted by Crippen LogP contribution is -2.35. The zero-order chi connectivity index (χ0) is 11.5. The number of rotatable bonds is 4. The molecule has 1 aromatic rings. The van der Waals surface area contributed by atoms with Gasteiger partial charge in [-0.15, -0.1) is 0 Å². The summed E-state index contributed by atoms with van der Waals surface area (Å²) in [5.41, 5.74) is 5.14. The van der Waals surface area contributed by atoms with Crippen molar-refractivity contribution in [1.82, 2.24) is 0 Å². The maximum Gasteiger partial charge on any atom is 0.287 e. The van der Waals surface area contributed by atoms with Crippen LogP contribution in [-0.2, 0) is 5.92 Å². The van der Waals surface area contributed by atoms with Gasteiger partial charge in [0.05, 0.1) is 12.6 Å². The van der Waals surface area contributed by atoms with Crippen molar-refractivity contribution < 1.29 is 13.5 Å². The van der Waals surface area contributed by atoms with Crippen LogP contribution >= 0.6 is 0 Å². The van der Waals surface area contributed by atoms with Crippen LogP contribution in [0.25, 0.3) is 0 Å². The van der Waals surface area contributed by atoms with Crippen LogP contribution in [0.15, 0.2) is 24.3 Å². The summed E-state index contributed by atoms with van der Waals surface area (Å²) in [6.45, 7) is 3.64. The van der Waals surface area contributed by atoms with Gasteiger partial charge in [0.25, 0.3) is 5.92 Å². The molecule has 0 fully saturated rings. The highest BCUT2D eigenvalue weighted by Crippen LogP contribution is 2.31. The Kier molecular flexibility index (Phi) is 3.63. The summed E-state index contributed by atoms with van der Waals surface area (Å²) in [7, 11) is 0. The Bertz CT molecular complexity index is 309. The van der Waals surface area contributed by atoms with Crippen molar-refractivity contribution in [2.75, 3.05) is 6.61 Å². The highest BCUT2D eigenvalue weighted by molar-refractivity contribution is 5.30. The summed E-state index contributed by atoms with van der Waals surface area (Å²) in [6.07, 6.45) is 0. The molecule has 0 radical (unpaired) electrons. The number of halogens is 2. The number of hydrogen-bond donors (Lipinski definition) is 1. The van der Waals surface area contributed by atoms with E-state index in [1.807, 2.05) is 6.92 Å². The van der Waals surface area contributed by atoms with Crippen molar-refractivity contribution in [3.05, 3.63) is 29.8 Å². The summed E-state index contributed by atoms with van der Waals surface area (Å²) in [6, 6.07) is 4.53. The normalized spacial score (nSPS) is 13.7. The van der Waals surface area contributed by atoms with Gasteiger partial charge in [0.1, 0.15) is 5.75 Å². The van der Waals surface area contributed by atoms with E-state index in [-0.39, 0.29) is 5.56 Å². The molecule has 0 heterocycles. The molecule has 0 aliphatic rings. The second-order valence-corrected chi connectivity index (χ2v) is 3.37. The summed E-state index contributed by atoms with van der Waals surface area (Å²) >= 11 is 0. The van der Waals surface area contributed by atoms with Crippen LogP contribution in [0.4, 0.5) is 8.78 Å². The fourth-order valence-electron chi connectivity index (χ4n) is 1.20. The van der Waals surface area contributed by atoms with Gasteiger partial charge in [-0.2, -0.15) is 8.78 Å². The minimum atomic E-state index is -3.00. The van der Waals surface area contributed by atoms with E-state index in [4.69, 9.17) is 10.5 Å². The van der Waals surface area contributed by atoms with E-state index in [1.54, 1.807) is 0 Å². The number of ether oxygens (including phenoxy) is 1. The van der Waals surface area contributed by atoms with Crippen molar-refractivity contribution in [2.45, 2.75) is 25.8 Å². The topological polar surface area (TPSA) is 35.2 Å². The van der Waals surface area contributed by atoms with E-state index >= 15 is 0 Å². The Morgan fingerprint density at radius 2 is 1.87 bits per heavy atom. The second kappa shape index (κ2) is 4.57. The maximum atomic E-state index is 13.4. The van der Waals surface area contributed by atoms with Gasteiger partial charge in [-0.05, 0) is 38.1 Å². The van der Waals surface area contributed by atoms with Crippen LogP contribution in [0, 0.1) is 0 Å². The fraction of sp³-hybridized carbons (Fsp3) is 0.455. The first-order valence-electron chi connectivity index (χ1n) is 4.85. The molecular weight excluding hydrogens is 200 g/mol. The average Bonchev–Trinajstić information content (AvgIpc) is 2.19. The van der Waals surface area contributed by atoms with Crippen LogP contribution in [-0.4, -0.2) is 12.6 Å². The van der Waals surface area contributed by atoms with E-state index in [1.165, 1.54) is 31.2 Å². The molecule has 4 heteroatoms. The van der Waals surface area contributed by atoms with Crippen LogP contribution in [0.5, 0.6) is 5.75 Å². The lowest BCUT2D eigenvalue weighted by molar-refractivity contribution is -0.0256. The van der Waals surface area contributed by atoms with Crippen LogP contribution in [0.3, 0.4) is 0 Å². The van der Waals surface area contributed by atoms with Crippen LogP contribution in [0.1, 0.15) is 19.4 Å². The molecule has 0 saturated carbocycles. The molecule has 2 nitrogen and oxygen atoms in total. The third-order valence-electron chi connectivity index (χ3n) is 2.12. The van der Waals surface area contributed by atoms with Gasteiger partial charge in [-0.1, -0.05) is 0 Å². The van der Waals surface area contributed by atoms with Gasteiger partial charge in [0, 0.05) is 5.56 Å². The third-order valence-corrected chi connectivity index (χ3v) is 2.12. The van der Waals surface area contributed by atoms with E-state index in [0.717, 1.165) is 0 Å². The highest BCUT2D eigenvalue weighted by Gasteiger charge is 2.35. The molecule has 1 aromatic carbocycles. The van der Waals surface area contributed by atoms with E-state index in [0.29, 0.717) is 12.4 Å². The number of nitrogens with two attached hydrogens (primary N) is 1. The minimum absolute atomic E-state index is 0.0825. The summed E-state index contributed by atoms with van der Waals surface area (Å²) < 4.78 is 32.0. The van der Waals surface area contributed by atoms with E-state index < -0.39 is 12.0 Å². The molecule has 2 N–H and O–H groups in total. The quantitative estimate of drug-likeness (QED) is 0.837. The van der Waals surface area contributed by atoms with Crippen molar-refractivity contribution in [3.63, 3.8) is 0 Å². The van der Waals surface area contributed by atoms with Crippen LogP contribution in [0.2, 0.25) is 0 Å². The molecule has 1 rings (SSSR count). The molecule has 0 spiro atoms. The number of hydrogen-bond acceptors (Lipinski definition) is 2. The standard InChI is InChI=1S/C11H15F2NO/c1-3-15-10-6-4-9(5-7-10)11(12,13)8(2)14/h4-8H,3,14H2,1-2H3. The van der Waals surface area contributed by atoms with Gasteiger partial charge >= 0.3 is 0 Å². The van der Waals surface area contributed by atoms with Crippen LogP contribution < -0.4 is 10.5 Å². The maximum absolute atomic E-state index is 13.4. The molecule has 0 amide bonds. The summed E-state index contributed by atoms with van der Waals surface area (Å²) in [5, 5.41) is 0. The van der Waals surface area contributed by atoms with Gasteiger partial charge in [-0.25, -0.2) is 0 Å². The number of benzene rings is 1. The average molecular weight is 215 g/mol.